The fourth-order valence-corrected chi connectivity index (χ4v) is 2.44. The number of aryl methyl sites for hydroxylation is 2. The standard InChI is InChI=1S/C17H20NO2/c1-2-5-15(6-3-1)7-4-10-18-11-8-16(9-12-18)17-19-13-14-20-17/h1-3,5-6,8-9,11-12,17H,4,7,10,13-14H2/q+1. The first-order chi connectivity index (χ1) is 9.92. The second-order valence-corrected chi connectivity index (χ2v) is 5.03. The minimum Gasteiger partial charge on any atom is -0.346 e. The number of hydrogen-bond acceptors (Lipinski definition) is 2. The minimum absolute atomic E-state index is 0.172. The summed E-state index contributed by atoms with van der Waals surface area (Å²) in [5.74, 6) is 0. The second kappa shape index (κ2) is 6.64. The SMILES string of the molecule is c1ccc(CCC[n+]2ccc(C3OCCO3)cc2)cc1. The van der Waals surface area contributed by atoms with Crippen molar-refractivity contribution in [3.8, 4) is 0 Å². The zero-order valence-electron chi connectivity index (χ0n) is 11.6. The highest BCUT2D eigenvalue weighted by Crippen LogP contribution is 2.21. The van der Waals surface area contributed by atoms with E-state index in [4.69, 9.17) is 9.47 Å². The summed E-state index contributed by atoms with van der Waals surface area (Å²) < 4.78 is 13.2. The molecule has 1 saturated heterocycles. The molecule has 0 N–H and O–H groups in total. The van der Waals surface area contributed by atoms with Crippen molar-refractivity contribution in [1.29, 1.82) is 0 Å². The molecular weight excluding hydrogens is 250 g/mol. The molecule has 1 aliphatic heterocycles. The van der Waals surface area contributed by atoms with Gasteiger partial charge in [0.25, 0.3) is 0 Å². The molecule has 0 saturated carbocycles. The summed E-state index contributed by atoms with van der Waals surface area (Å²) in [4.78, 5) is 0. The van der Waals surface area contributed by atoms with Gasteiger partial charge in [0, 0.05) is 24.1 Å². The molecule has 0 amide bonds. The lowest BCUT2D eigenvalue weighted by Gasteiger charge is -2.07. The molecule has 3 nitrogen and oxygen atoms in total. The zero-order chi connectivity index (χ0) is 13.6. The Balaban J connectivity index is 1.50. The number of aromatic nitrogens is 1. The lowest BCUT2D eigenvalue weighted by molar-refractivity contribution is -0.697. The third-order valence-corrected chi connectivity index (χ3v) is 3.54. The Labute approximate surface area is 119 Å². The van der Waals surface area contributed by atoms with E-state index in [9.17, 15) is 0 Å². The van der Waals surface area contributed by atoms with Gasteiger partial charge in [-0.05, 0) is 12.0 Å². The number of hydrogen-bond donors (Lipinski definition) is 0. The van der Waals surface area contributed by atoms with Crippen LogP contribution in [0.15, 0.2) is 54.9 Å². The van der Waals surface area contributed by atoms with E-state index in [1.165, 1.54) is 5.56 Å². The van der Waals surface area contributed by atoms with Crippen LogP contribution in [0.3, 0.4) is 0 Å². The monoisotopic (exact) mass is 270 g/mol. The maximum absolute atomic E-state index is 5.49. The molecule has 0 unspecified atom stereocenters. The molecule has 2 aromatic rings. The van der Waals surface area contributed by atoms with Crippen molar-refractivity contribution < 1.29 is 14.0 Å². The van der Waals surface area contributed by atoms with Crippen LogP contribution in [-0.2, 0) is 22.4 Å². The molecule has 0 radical (unpaired) electrons. The molecule has 3 rings (SSSR count). The molecule has 0 atom stereocenters. The summed E-state index contributed by atoms with van der Waals surface area (Å²) in [6.45, 7) is 2.41. The number of rotatable bonds is 5. The highest BCUT2D eigenvalue weighted by Gasteiger charge is 2.18. The van der Waals surface area contributed by atoms with Gasteiger partial charge in [-0.1, -0.05) is 30.3 Å². The van der Waals surface area contributed by atoms with E-state index in [0.29, 0.717) is 13.2 Å². The quantitative estimate of drug-likeness (QED) is 0.779. The topological polar surface area (TPSA) is 22.3 Å². The normalized spacial score (nSPS) is 15.6. The van der Waals surface area contributed by atoms with Crippen LogP contribution >= 0.6 is 0 Å². The summed E-state index contributed by atoms with van der Waals surface area (Å²) in [6, 6.07) is 14.8. The smallest absolute Gasteiger partial charge is 0.184 e. The molecule has 0 aliphatic carbocycles. The predicted molar refractivity (Wildman–Crippen MR) is 76.0 cm³/mol. The van der Waals surface area contributed by atoms with Crippen LogP contribution in [0.1, 0.15) is 23.8 Å². The van der Waals surface area contributed by atoms with Gasteiger partial charge >= 0.3 is 0 Å². The van der Waals surface area contributed by atoms with Gasteiger partial charge in [-0.3, -0.25) is 0 Å². The highest BCUT2D eigenvalue weighted by molar-refractivity contribution is 5.14. The summed E-state index contributed by atoms with van der Waals surface area (Å²) in [7, 11) is 0. The fraction of sp³-hybridized carbons (Fsp3) is 0.353. The van der Waals surface area contributed by atoms with Crippen molar-refractivity contribution >= 4 is 0 Å². The molecule has 0 bridgehead atoms. The van der Waals surface area contributed by atoms with Crippen molar-refractivity contribution in [1.82, 2.24) is 0 Å². The number of benzene rings is 1. The third-order valence-electron chi connectivity index (χ3n) is 3.54. The van der Waals surface area contributed by atoms with E-state index in [2.05, 4.69) is 59.4 Å². The van der Waals surface area contributed by atoms with Crippen LogP contribution in [0.5, 0.6) is 0 Å². The van der Waals surface area contributed by atoms with Gasteiger partial charge in [-0.15, -0.1) is 0 Å². The maximum Gasteiger partial charge on any atom is 0.184 e. The van der Waals surface area contributed by atoms with Crippen molar-refractivity contribution in [2.75, 3.05) is 13.2 Å². The van der Waals surface area contributed by atoms with E-state index >= 15 is 0 Å². The summed E-state index contributed by atoms with van der Waals surface area (Å²) >= 11 is 0. The average Bonchev–Trinajstić information content (AvgIpc) is 3.03. The van der Waals surface area contributed by atoms with Crippen molar-refractivity contribution in [2.45, 2.75) is 25.7 Å². The number of pyridine rings is 1. The number of ether oxygens (including phenoxy) is 2. The molecule has 1 aromatic heterocycles. The van der Waals surface area contributed by atoms with Gasteiger partial charge in [0.2, 0.25) is 0 Å². The fourth-order valence-electron chi connectivity index (χ4n) is 2.44. The van der Waals surface area contributed by atoms with Gasteiger partial charge < -0.3 is 9.47 Å². The Kier molecular flexibility index (Phi) is 4.41. The molecular formula is C17H20NO2+. The van der Waals surface area contributed by atoms with E-state index in [1.54, 1.807) is 0 Å². The second-order valence-electron chi connectivity index (χ2n) is 5.03. The Morgan fingerprint density at radius 2 is 1.65 bits per heavy atom. The molecule has 3 heteroatoms. The molecule has 1 fully saturated rings. The largest absolute Gasteiger partial charge is 0.346 e. The lowest BCUT2D eigenvalue weighted by atomic mass is 10.1. The lowest BCUT2D eigenvalue weighted by Crippen LogP contribution is -2.33. The van der Waals surface area contributed by atoms with Gasteiger partial charge in [-0.2, -0.15) is 0 Å². The van der Waals surface area contributed by atoms with Crippen LogP contribution in [-0.4, -0.2) is 13.2 Å². The molecule has 104 valence electrons. The van der Waals surface area contributed by atoms with Crippen LogP contribution in [0.25, 0.3) is 0 Å². The average molecular weight is 270 g/mol. The van der Waals surface area contributed by atoms with Crippen LogP contribution in [0.4, 0.5) is 0 Å². The predicted octanol–water partition coefficient (Wildman–Crippen LogP) is 2.65. The summed E-state index contributed by atoms with van der Waals surface area (Å²) in [5, 5.41) is 0. The first-order valence-corrected chi connectivity index (χ1v) is 7.18. The Morgan fingerprint density at radius 1 is 0.950 bits per heavy atom. The van der Waals surface area contributed by atoms with E-state index in [1.807, 2.05) is 0 Å². The maximum atomic E-state index is 5.49. The zero-order valence-corrected chi connectivity index (χ0v) is 11.6. The van der Waals surface area contributed by atoms with Crippen LogP contribution < -0.4 is 4.57 Å². The van der Waals surface area contributed by atoms with Crippen LogP contribution in [0.2, 0.25) is 0 Å². The van der Waals surface area contributed by atoms with Crippen molar-refractivity contribution in [2.24, 2.45) is 0 Å². The van der Waals surface area contributed by atoms with Gasteiger partial charge in [0.05, 0.1) is 13.2 Å². The van der Waals surface area contributed by atoms with E-state index in [-0.39, 0.29) is 6.29 Å². The van der Waals surface area contributed by atoms with Gasteiger partial charge in [0.1, 0.15) is 6.54 Å². The molecule has 1 aliphatic rings. The first kappa shape index (κ1) is 13.3. The Hall–Kier alpha value is -1.71. The number of nitrogens with zero attached hydrogens (tertiary/aromatic N) is 1. The van der Waals surface area contributed by atoms with Crippen molar-refractivity contribution in [3.05, 3.63) is 66.0 Å². The molecule has 2 heterocycles. The molecule has 1 aromatic carbocycles. The van der Waals surface area contributed by atoms with Crippen molar-refractivity contribution in [3.63, 3.8) is 0 Å². The van der Waals surface area contributed by atoms with Crippen LogP contribution in [0, 0.1) is 0 Å². The Bertz CT molecular complexity index is 518. The molecule has 0 spiro atoms. The summed E-state index contributed by atoms with van der Waals surface area (Å²) in [6.07, 6.45) is 6.29. The highest BCUT2D eigenvalue weighted by atomic mass is 16.7. The van der Waals surface area contributed by atoms with E-state index in [0.717, 1.165) is 24.9 Å². The Morgan fingerprint density at radius 3 is 2.35 bits per heavy atom. The molecule has 20 heavy (non-hydrogen) atoms. The van der Waals surface area contributed by atoms with Gasteiger partial charge in [-0.25, -0.2) is 4.57 Å². The summed E-state index contributed by atoms with van der Waals surface area (Å²) in [5.41, 5.74) is 2.50. The van der Waals surface area contributed by atoms with Gasteiger partial charge in [0.15, 0.2) is 18.7 Å². The first-order valence-electron chi connectivity index (χ1n) is 7.18. The third kappa shape index (κ3) is 3.44. The van der Waals surface area contributed by atoms with E-state index < -0.39 is 0 Å². The minimum atomic E-state index is -0.172.